The van der Waals surface area contributed by atoms with Crippen molar-refractivity contribution in [2.24, 2.45) is 0 Å². The highest BCUT2D eigenvalue weighted by atomic mass is 32.1. The van der Waals surface area contributed by atoms with Crippen LogP contribution in [0.3, 0.4) is 0 Å². The third-order valence-corrected chi connectivity index (χ3v) is 3.80. The third-order valence-electron chi connectivity index (χ3n) is 2.95. The first-order valence-corrected chi connectivity index (χ1v) is 6.57. The van der Waals surface area contributed by atoms with Crippen LogP contribution in [0.2, 0.25) is 0 Å². The molecule has 0 radical (unpaired) electrons. The lowest BCUT2D eigenvalue weighted by atomic mass is 10.1. The van der Waals surface area contributed by atoms with Crippen LogP contribution in [0.15, 0.2) is 29.8 Å². The van der Waals surface area contributed by atoms with Crippen molar-refractivity contribution in [2.45, 2.75) is 6.42 Å². The standard InChI is InChI=1S/C13H12N2O2S/c1-15(13-14-5-7-18-13)12(16)10-2-3-11-9(8-10)4-6-17-11/h2-3,5,7-8H,4,6H2,1H3. The van der Waals surface area contributed by atoms with Gasteiger partial charge in [0.1, 0.15) is 5.75 Å². The number of nitrogens with zero attached hydrogens (tertiary/aromatic N) is 2. The summed E-state index contributed by atoms with van der Waals surface area (Å²) >= 11 is 1.45. The van der Waals surface area contributed by atoms with E-state index in [1.54, 1.807) is 24.2 Å². The number of hydrogen-bond acceptors (Lipinski definition) is 4. The molecule has 0 saturated heterocycles. The van der Waals surface area contributed by atoms with Crippen LogP contribution in [0, 0.1) is 0 Å². The van der Waals surface area contributed by atoms with Gasteiger partial charge in [0.2, 0.25) is 0 Å². The summed E-state index contributed by atoms with van der Waals surface area (Å²) in [6.45, 7) is 0.704. The molecule has 0 N–H and O–H groups in total. The molecule has 0 atom stereocenters. The maximum absolute atomic E-state index is 12.3. The topological polar surface area (TPSA) is 42.4 Å². The number of carbonyl (C=O) groups is 1. The quantitative estimate of drug-likeness (QED) is 0.832. The first-order valence-electron chi connectivity index (χ1n) is 5.69. The molecule has 5 heteroatoms. The number of carbonyl (C=O) groups excluding carboxylic acids is 1. The molecule has 0 spiro atoms. The van der Waals surface area contributed by atoms with Crippen LogP contribution in [0.5, 0.6) is 5.75 Å². The zero-order chi connectivity index (χ0) is 12.5. The number of hydrogen-bond donors (Lipinski definition) is 0. The largest absolute Gasteiger partial charge is 0.493 e. The first-order chi connectivity index (χ1) is 8.75. The Labute approximate surface area is 109 Å². The van der Waals surface area contributed by atoms with Crippen molar-refractivity contribution in [1.82, 2.24) is 4.98 Å². The Morgan fingerprint density at radius 1 is 1.50 bits per heavy atom. The molecular formula is C13H12N2O2S. The van der Waals surface area contributed by atoms with Gasteiger partial charge in [0.05, 0.1) is 6.61 Å². The second-order valence-corrected chi connectivity index (χ2v) is 4.97. The minimum Gasteiger partial charge on any atom is -0.493 e. The molecule has 3 rings (SSSR count). The molecule has 0 aliphatic carbocycles. The summed E-state index contributed by atoms with van der Waals surface area (Å²) in [5.41, 5.74) is 1.78. The Kier molecular flexibility index (Phi) is 2.76. The lowest BCUT2D eigenvalue weighted by molar-refractivity contribution is 0.0993. The van der Waals surface area contributed by atoms with Gasteiger partial charge in [-0.3, -0.25) is 9.69 Å². The average Bonchev–Trinajstić information content (AvgIpc) is 3.06. The van der Waals surface area contributed by atoms with E-state index >= 15 is 0 Å². The zero-order valence-corrected chi connectivity index (χ0v) is 10.7. The molecule has 92 valence electrons. The third kappa shape index (κ3) is 1.86. The van der Waals surface area contributed by atoms with E-state index in [0.29, 0.717) is 17.3 Å². The van der Waals surface area contributed by atoms with E-state index < -0.39 is 0 Å². The molecule has 0 fully saturated rings. The molecule has 1 aliphatic heterocycles. The number of thiazole rings is 1. The zero-order valence-electron chi connectivity index (χ0n) is 9.92. The molecule has 2 aromatic rings. The average molecular weight is 260 g/mol. The van der Waals surface area contributed by atoms with Crippen molar-refractivity contribution in [1.29, 1.82) is 0 Å². The first kappa shape index (κ1) is 11.2. The normalized spacial score (nSPS) is 12.9. The van der Waals surface area contributed by atoms with E-state index in [0.717, 1.165) is 17.7 Å². The Bertz CT molecular complexity index is 581. The molecule has 18 heavy (non-hydrogen) atoms. The van der Waals surface area contributed by atoms with E-state index in [1.165, 1.54) is 11.3 Å². The Balaban J connectivity index is 1.88. The van der Waals surface area contributed by atoms with Crippen molar-refractivity contribution in [3.63, 3.8) is 0 Å². The fourth-order valence-corrected chi connectivity index (χ4v) is 2.59. The monoisotopic (exact) mass is 260 g/mol. The predicted octanol–water partition coefficient (Wildman–Crippen LogP) is 2.35. The van der Waals surface area contributed by atoms with Gasteiger partial charge in [-0.05, 0) is 23.8 Å². The van der Waals surface area contributed by atoms with Crippen molar-refractivity contribution in [2.75, 3.05) is 18.6 Å². The highest BCUT2D eigenvalue weighted by Gasteiger charge is 2.19. The number of ether oxygens (including phenoxy) is 1. The van der Waals surface area contributed by atoms with Crippen molar-refractivity contribution in [3.8, 4) is 5.75 Å². The summed E-state index contributed by atoms with van der Waals surface area (Å²) in [6.07, 6.45) is 2.57. The number of amides is 1. The summed E-state index contributed by atoms with van der Waals surface area (Å²) in [5, 5.41) is 2.56. The number of rotatable bonds is 2. The van der Waals surface area contributed by atoms with Crippen molar-refractivity contribution >= 4 is 22.4 Å². The van der Waals surface area contributed by atoms with Gasteiger partial charge in [0.25, 0.3) is 5.91 Å². The molecule has 1 aliphatic rings. The van der Waals surface area contributed by atoms with E-state index in [-0.39, 0.29) is 5.91 Å². The minimum absolute atomic E-state index is 0.0420. The van der Waals surface area contributed by atoms with Crippen LogP contribution in [0.25, 0.3) is 0 Å². The van der Waals surface area contributed by atoms with Crippen LogP contribution < -0.4 is 9.64 Å². The van der Waals surface area contributed by atoms with Gasteiger partial charge in [0, 0.05) is 30.6 Å². The SMILES string of the molecule is CN(C(=O)c1ccc2c(c1)CCO2)c1nccs1. The minimum atomic E-state index is -0.0420. The lowest BCUT2D eigenvalue weighted by Gasteiger charge is -2.14. The molecule has 1 amide bonds. The van der Waals surface area contributed by atoms with Gasteiger partial charge in [-0.25, -0.2) is 4.98 Å². The molecule has 4 nitrogen and oxygen atoms in total. The van der Waals surface area contributed by atoms with Gasteiger partial charge in [-0.15, -0.1) is 11.3 Å². The Morgan fingerprint density at radius 2 is 2.39 bits per heavy atom. The fourth-order valence-electron chi connectivity index (χ4n) is 1.98. The van der Waals surface area contributed by atoms with Gasteiger partial charge >= 0.3 is 0 Å². The van der Waals surface area contributed by atoms with Gasteiger partial charge in [-0.2, -0.15) is 0 Å². The van der Waals surface area contributed by atoms with Crippen molar-refractivity contribution < 1.29 is 9.53 Å². The summed E-state index contributed by atoms with van der Waals surface area (Å²) < 4.78 is 5.43. The van der Waals surface area contributed by atoms with Crippen molar-refractivity contribution in [3.05, 3.63) is 40.9 Å². The molecule has 2 heterocycles. The Morgan fingerprint density at radius 3 is 3.17 bits per heavy atom. The second-order valence-electron chi connectivity index (χ2n) is 4.10. The van der Waals surface area contributed by atoms with Crippen LogP contribution >= 0.6 is 11.3 Å². The maximum Gasteiger partial charge on any atom is 0.259 e. The molecule has 0 bridgehead atoms. The molecule has 0 unspecified atom stereocenters. The van der Waals surface area contributed by atoms with E-state index in [1.807, 2.05) is 17.5 Å². The molecule has 1 aromatic heterocycles. The van der Waals surface area contributed by atoms with Gasteiger partial charge in [-0.1, -0.05) is 0 Å². The van der Waals surface area contributed by atoms with Crippen LogP contribution in [0.1, 0.15) is 15.9 Å². The second kappa shape index (κ2) is 4.42. The summed E-state index contributed by atoms with van der Waals surface area (Å²) in [7, 11) is 1.74. The highest BCUT2D eigenvalue weighted by Crippen LogP contribution is 2.27. The summed E-state index contributed by atoms with van der Waals surface area (Å²) in [5.74, 6) is 0.850. The van der Waals surface area contributed by atoms with E-state index in [2.05, 4.69) is 4.98 Å². The van der Waals surface area contributed by atoms with Gasteiger partial charge < -0.3 is 4.74 Å². The summed E-state index contributed by atoms with van der Waals surface area (Å²) in [6, 6.07) is 5.58. The molecule has 0 saturated carbocycles. The van der Waals surface area contributed by atoms with E-state index in [9.17, 15) is 4.79 Å². The fraction of sp³-hybridized carbons (Fsp3) is 0.231. The lowest BCUT2D eigenvalue weighted by Crippen LogP contribution is -2.26. The molecular weight excluding hydrogens is 248 g/mol. The number of anilines is 1. The summed E-state index contributed by atoms with van der Waals surface area (Å²) in [4.78, 5) is 18.0. The smallest absolute Gasteiger partial charge is 0.259 e. The van der Waals surface area contributed by atoms with Crippen LogP contribution in [-0.2, 0) is 6.42 Å². The Hall–Kier alpha value is -1.88. The number of aromatic nitrogens is 1. The van der Waals surface area contributed by atoms with Crippen LogP contribution in [0.4, 0.5) is 5.13 Å². The van der Waals surface area contributed by atoms with Gasteiger partial charge in [0.15, 0.2) is 5.13 Å². The predicted molar refractivity (Wildman–Crippen MR) is 70.5 cm³/mol. The molecule has 1 aromatic carbocycles. The van der Waals surface area contributed by atoms with E-state index in [4.69, 9.17) is 4.74 Å². The maximum atomic E-state index is 12.3. The number of fused-ring (bicyclic) bond motifs is 1. The van der Waals surface area contributed by atoms with Crippen LogP contribution in [-0.4, -0.2) is 24.5 Å². The highest BCUT2D eigenvalue weighted by molar-refractivity contribution is 7.13. The number of benzene rings is 1.